The SMILES string of the molecule is [Pd+2].[c-]1c(Oc2[c-]c3c(cc2)c2ccccc2n2ccnc32)cccc1N1c2ccc3oc4ccccc4c3c2[Si](c2ccccc2)(c2ccccc2)c2cccnc21. The van der Waals surface area contributed by atoms with Gasteiger partial charge < -0.3 is 18.5 Å². The molecule has 5 heterocycles. The van der Waals surface area contributed by atoms with Gasteiger partial charge in [0.2, 0.25) is 0 Å². The van der Waals surface area contributed by atoms with Crippen LogP contribution in [-0.2, 0) is 20.4 Å². The molecule has 0 aliphatic carbocycles. The van der Waals surface area contributed by atoms with Gasteiger partial charge in [-0.2, -0.15) is 6.07 Å². The molecule has 0 spiro atoms. The molecule has 0 N–H and O–H groups in total. The van der Waals surface area contributed by atoms with Crippen molar-refractivity contribution in [1.29, 1.82) is 0 Å². The average molecular weight is 853 g/mol. The summed E-state index contributed by atoms with van der Waals surface area (Å²) in [5.41, 5.74) is 5.51. The van der Waals surface area contributed by atoms with Gasteiger partial charge in [-0.25, -0.2) is 4.98 Å². The van der Waals surface area contributed by atoms with E-state index >= 15 is 0 Å². The Labute approximate surface area is 348 Å². The number of hydrogen-bond acceptors (Lipinski definition) is 5. The second-order valence-electron chi connectivity index (χ2n) is 14.4. The van der Waals surface area contributed by atoms with Crippen molar-refractivity contribution in [3.8, 4) is 11.5 Å². The Morgan fingerprint density at radius 1 is 0.569 bits per heavy atom. The Morgan fingerprint density at radius 3 is 2.14 bits per heavy atom. The van der Waals surface area contributed by atoms with Crippen LogP contribution in [0.2, 0.25) is 0 Å². The number of furan rings is 1. The minimum absolute atomic E-state index is 0. The molecule has 6 nitrogen and oxygen atoms in total. The summed E-state index contributed by atoms with van der Waals surface area (Å²) >= 11 is 0. The molecule has 1 aliphatic rings. The first kappa shape index (κ1) is 34.4. The molecule has 8 heteroatoms. The minimum Gasteiger partial charge on any atom is -0.503 e. The molecule has 7 aromatic carbocycles. The zero-order valence-electron chi connectivity index (χ0n) is 30.7. The number of anilines is 3. The number of aromatic nitrogens is 3. The number of imidazole rings is 1. The molecule has 0 unspecified atom stereocenters. The van der Waals surface area contributed by atoms with Gasteiger partial charge in [0.25, 0.3) is 0 Å². The average Bonchev–Trinajstić information content (AvgIpc) is 3.93. The molecule has 0 atom stereocenters. The summed E-state index contributed by atoms with van der Waals surface area (Å²) in [5.74, 6) is 2.02. The van der Waals surface area contributed by atoms with Gasteiger partial charge in [0, 0.05) is 52.1 Å². The molecule has 276 valence electrons. The van der Waals surface area contributed by atoms with Gasteiger partial charge in [-0.15, -0.1) is 30.3 Å². The Kier molecular flexibility index (Phi) is 7.95. The maximum Gasteiger partial charge on any atom is 2.00 e. The number of nitrogens with zero attached hydrogens (tertiary/aromatic N) is 4. The summed E-state index contributed by atoms with van der Waals surface area (Å²) in [6.07, 6.45) is 5.71. The number of hydrogen-bond donors (Lipinski definition) is 0. The van der Waals surface area contributed by atoms with Crippen LogP contribution in [0.15, 0.2) is 187 Å². The van der Waals surface area contributed by atoms with Gasteiger partial charge in [-0.05, 0) is 56.5 Å². The monoisotopic (exact) mass is 852 g/mol. The first-order valence-electron chi connectivity index (χ1n) is 19.0. The fourth-order valence-corrected chi connectivity index (χ4v) is 14.4. The zero-order chi connectivity index (χ0) is 37.5. The topological polar surface area (TPSA) is 55.8 Å². The summed E-state index contributed by atoms with van der Waals surface area (Å²) in [6.45, 7) is 0. The van der Waals surface area contributed by atoms with E-state index in [-0.39, 0.29) is 20.4 Å². The Balaban J connectivity index is 0.00000385. The quantitative estimate of drug-likeness (QED) is 0.0982. The van der Waals surface area contributed by atoms with Crippen LogP contribution in [0.1, 0.15) is 0 Å². The normalized spacial score (nSPS) is 13.1. The largest absolute Gasteiger partial charge is 2.00 e. The van der Waals surface area contributed by atoms with Gasteiger partial charge in [0.05, 0.1) is 5.65 Å². The van der Waals surface area contributed by atoms with E-state index in [1.165, 1.54) is 20.7 Å². The molecular formula is C50H30N4O2PdSi. The summed E-state index contributed by atoms with van der Waals surface area (Å²) in [6, 6.07) is 64.7. The molecule has 0 fully saturated rings. The molecule has 58 heavy (non-hydrogen) atoms. The fourth-order valence-electron chi connectivity index (χ4n) is 9.15. The molecule has 0 amide bonds. The van der Waals surface area contributed by atoms with Crippen LogP contribution in [-0.4, -0.2) is 22.4 Å². The third-order valence-electron chi connectivity index (χ3n) is 11.4. The van der Waals surface area contributed by atoms with E-state index in [4.69, 9.17) is 19.1 Å². The second-order valence-corrected chi connectivity index (χ2v) is 18.1. The van der Waals surface area contributed by atoms with Crippen molar-refractivity contribution in [2.24, 2.45) is 0 Å². The van der Waals surface area contributed by atoms with E-state index in [1.54, 1.807) is 0 Å². The Morgan fingerprint density at radius 2 is 1.31 bits per heavy atom. The van der Waals surface area contributed by atoms with E-state index in [0.29, 0.717) is 11.5 Å². The summed E-state index contributed by atoms with van der Waals surface area (Å²) in [4.78, 5) is 12.2. The van der Waals surface area contributed by atoms with Gasteiger partial charge in [0.15, 0.2) is 8.07 Å². The van der Waals surface area contributed by atoms with Crippen LogP contribution in [0.4, 0.5) is 17.2 Å². The standard InChI is InChI=1S/C50H30N4O2Si.Pd/c1-3-15-36(16-4-1)57(37-17-5-2-6-18-37)46-23-12-28-51-50(46)54(43-26-27-45-47(48(43)57)40-20-8-10-22-44(40)56-45)33-13-11-14-34(31-33)55-35-24-25-38-39-19-7-9-21-42(39)53-30-29-52-49(53)41(38)32-35;/h1-30H;/q-2;+2. The maximum absolute atomic E-state index is 6.62. The smallest absolute Gasteiger partial charge is 0.503 e. The van der Waals surface area contributed by atoms with E-state index in [2.05, 4.69) is 161 Å². The number of pyridine rings is 2. The molecule has 0 saturated carbocycles. The number of para-hydroxylation sites is 2. The van der Waals surface area contributed by atoms with Gasteiger partial charge in [0.1, 0.15) is 17.0 Å². The molecule has 0 bridgehead atoms. The van der Waals surface area contributed by atoms with E-state index in [0.717, 1.165) is 66.5 Å². The zero-order valence-corrected chi connectivity index (χ0v) is 33.3. The Hall–Kier alpha value is -6.82. The second kappa shape index (κ2) is 13.4. The van der Waals surface area contributed by atoms with Crippen LogP contribution in [0, 0.1) is 12.1 Å². The first-order valence-corrected chi connectivity index (χ1v) is 21.0. The number of fused-ring (bicyclic) bond motifs is 12. The van der Waals surface area contributed by atoms with Crippen LogP contribution in [0.3, 0.4) is 0 Å². The van der Waals surface area contributed by atoms with Crippen molar-refractivity contribution in [3.05, 3.63) is 195 Å². The van der Waals surface area contributed by atoms with E-state index in [1.807, 2.05) is 42.9 Å². The first-order chi connectivity index (χ1) is 28.3. The molecular weight excluding hydrogens is 823 g/mol. The van der Waals surface area contributed by atoms with E-state index in [9.17, 15) is 0 Å². The predicted molar refractivity (Wildman–Crippen MR) is 231 cm³/mol. The van der Waals surface area contributed by atoms with Crippen LogP contribution < -0.4 is 30.4 Å². The van der Waals surface area contributed by atoms with Gasteiger partial charge in [-0.1, -0.05) is 126 Å². The van der Waals surface area contributed by atoms with Gasteiger partial charge >= 0.3 is 20.4 Å². The predicted octanol–water partition coefficient (Wildman–Crippen LogP) is 9.49. The third kappa shape index (κ3) is 4.93. The van der Waals surface area contributed by atoms with Crippen molar-refractivity contribution in [2.45, 2.75) is 0 Å². The number of ether oxygens (including phenoxy) is 1. The maximum atomic E-state index is 6.62. The van der Waals surface area contributed by atoms with Crippen molar-refractivity contribution in [2.75, 3.05) is 4.90 Å². The molecule has 0 saturated heterocycles. The molecule has 12 rings (SSSR count). The number of rotatable bonds is 5. The summed E-state index contributed by atoms with van der Waals surface area (Å²) < 4.78 is 15.4. The fraction of sp³-hybridized carbons (Fsp3) is 0. The van der Waals surface area contributed by atoms with Gasteiger partial charge in [-0.3, -0.25) is 4.98 Å². The third-order valence-corrected chi connectivity index (χ3v) is 16.3. The van der Waals surface area contributed by atoms with Crippen molar-refractivity contribution in [1.82, 2.24) is 14.4 Å². The minimum atomic E-state index is -3.06. The summed E-state index contributed by atoms with van der Waals surface area (Å²) in [7, 11) is -3.06. The van der Waals surface area contributed by atoms with Crippen molar-refractivity contribution in [3.63, 3.8) is 0 Å². The number of benzene rings is 7. The van der Waals surface area contributed by atoms with Crippen molar-refractivity contribution >= 4 is 95.3 Å². The van der Waals surface area contributed by atoms with E-state index < -0.39 is 8.07 Å². The summed E-state index contributed by atoms with van der Waals surface area (Å²) in [5, 5.41) is 10.3. The van der Waals surface area contributed by atoms with Crippen molar-refractivity contribution < 1.29 is 29.6 Å². The molecule has 0 radical (unpaired) electrons. The molecule has 1 aliphatic heterocycles. The molecule has 11 aromatic rings. The van der Waals surface area contributed by atoms with Crippen LogP contribution in [0.5, 0.6) is 11.5 Å². The Bertz CT molecular complexity index is 3330. The van der Waals surface area contributed by atoms with Crippen LogP contribution >= 0.6 is 0 Å². The van der Waals surface area contributed by atoms with Crippen LogP contribution in [0.25, 0.3) is 49.3 Å². The molecule has 4 aromatic heterocycles.